The molecule has 122 valence electrons. The van der Waals surface area contributed by atoms with E-state index < -0.39 is 0 Å². The third-order valence-electron chi connectivity index (χ3n) is 3.38. The monoisotopic (exact) mass is 333 g/mol. The lowest BCUT2D eigenvalue weighted by atomic mass is 10.2. The molecule has 2 N–H and O–H groups in total. The van der Waals surface area contributed by atoms with Crippen molar-refractivity contribution >= 4 is 17.5 Å². The number of hydrogen-bond acceptors (Lipinski definition) is 2. The van der Waals surface area contributed by atoms with E-state index in [0.29, 0.717) is 24.7 Å². The standard InChI is InChI=1S/C18H21ClN2O2/c1-21(10-11-23-17-8-3-2-4-9-17)14-18(22)20-13-15-6-5-7-16(19)12-15/h2-9,12H,10-11,13-14H2,1H3,(H,20,22)/p+1. The predicted octanol–water partition coefficient (Wildman–Crippen LogP) is 1.55. The Hall–Kier alpha value is -2.04. The summed E-state index contributed by atoms with van der Waals surface area (Å²) in [4.78, 5) is 13.0. The Kier molecular flexibility index (Phi) is 6.91. The maximum absolute atomic E-state index is 11.9. The second-order valence-electron chi connectivity index (χ2n) is 5.45. The smallest absolute Gasteiger partial charge is 0.275 e. The summed E-state index contributed by atoms with van der Waals surface area (Å²) >= 11 is 5.92. The van der Waals surface area contributed by atoms with Crippen molar-refractivity contribution in [3.05, 3.63) is 65.2 Å². The Bertz CT molecular complexity index is 619. The molecular weight excluding hydrogens is 312 g/mol. The van der Waals surface area contributed by atoms with Crippen LogP contribution in [-0.2, 0) is 11.3 Å². The van der Waals surface area contributed by atoms with Gasteiger partial charge in [0.25, 0.3) is 5.91 Å². The maximum Gasteiger partial charge on any atom is 0.275 e. The Morgan fingerprint density at radius 2 is 1.96 bits per heavy atom. The Balaban J connectivity index is 1.64. The van der Waals surface area contributed by atoms with Gasteiger partial charge in [0.1, 0.15) is 18.9 Å². The van der Waals surface area contributed by atoms with Crippen LogP contribution in [0.15, 0.2) is 54.6 Å². The molecule has 0 heterocycles. The number of halogens is 1. The third kappa shape index (κ3) is 6.72. The summed E-state index contributed by atoms with van der Waals surface area (Å²) < 4.78 is 5.63. The average Bonchev–Trinajstić information content (AvgIpc) is 2.54. The summed E-state index contributed by atoms with van der Waals surface area (Å²) in [6.07, 6.45) is 0. The summed E-state index contributed by atoms with van der Waals surface area (Å²) in [5.41, 5.74) is 0.996. The van der Waals surface area contributed by atoms with Crippen LogP contribution in [0.2, 0.25) is 5.02 Å². The van der Waals surface area contributed by atoms with Gasteiger partial charge < -0.3 is 15.0 Å². The first kappa shape index (κ1) is 17.3. The van der Waals surface area contributed by atoms with Crippen LogP contribution in [0.1, 0.15) is 5.56 Å². The van der Waals surface area contributed by atoms with Crippen molar-refractivity contribution in [1.29, 1.82) is 0 Å². The number of quaternary nitrogens is 1. The molecule has 0 fully saturated rings. The minimum Gasteiger partial charge on any atom is -0.488 e. The van der Waals surface area contributed by atoms with E-state index in [1.807, 2.05) is 61.6 Å². The van der Waals surface area contributed by atoms with Crippen LogP contribution < -0.4 is 15.0 Å². The molecule has 0 saturated carbocycles. The SMILES string of the molecule is C[NH+](CCOc1ccccc1)CC(=O)NCc1cccc(Cl)c1. The van der Waals surface area contributed by atoms with Gasteiger partial charge in [-0.3, -0.25) is 4.79 Å². The Labute approximate surface area is 142 Å². The third-order valence-corrected chi connectivity index (χ3v) is 3.62. The lowest BCUT2D eigenvalue weighted by Gasteiger charge is -2.14. The topological polar surface area (TPSA) is 42.8 Å². The number of carbonyl (C=O) groups is 1. The molecular formula is C18H22ClN2O2+. The fraction of sp³-hybridized carbons (Fsp3) is 0.278. The van der Waals surface area contributed by atoms with Gasteiger partial charge in [-0.05, 0) is 29.8 Å². The number of amides is 1. The molecule has 2 aromatic rings. The summed E-state index contributed by atoms with van der Waals surface area (Å²) in [6, 6.07) is 17.2. The number of benzene rings is 2. The van der Waals surface area contributed by atoms with Gasteiger partial charge in [-0.2, -0.15) is 0 Å². The van der Waals surface area contributed by atoms with Crippen molar-refractivity contribution in [3.8, 4) is 5.75 Å². The average molecular weight is 334 g/mol. The van der Waals surface area contributed by atoms with Crippen LogP contribution in [0, 0.1) is 0 Å². The number of hydrogen-bond donors (Lipinski definition) is 2. The summed E-state index contributed by atoms with van der Waals surface area (Å²) in [5.74, 6) is 0.868. The number of rotatable bonds is 8. The molecule has 0 bridgehead atoms. The van der Waals surface area contributed by atoms with Crippen molar-refractivity contribution in [2.24, 2.45) is 0 Å². The normalized spacial score (nSPS) is 11.7. The number of likely N-dealkylation sites (N-methyl/N-ethyl adjacent to an activating group) is 1. The number of para-hydroxylation sites is 1. The number of nitrogens with one attached hydrogen (secondary N) is 2. The van der Waals surface area contributed by atoms with E-state index in [0.717, 1.165) is 22.8 Å². The highest BCUT2D eigenvalue weighted by molar-refractivity contribution is 6.30. The van der Waals surface area contributed by atoms with E-state index in [2.05, 4.69) is 5.32 Å². The summed E-state index contributed by atoms with van der Waals surface area (Å²) in [7, 11) is 1.98. The Morgan fingerprint density at radius 1 is 1.17 bits per heavy atom. The minimum atomic E-state index is 0.0159. The van der Waals surface area contributed by atoms with Gasteiger partial charge in [-0.25, -0.2) is 0 Å². The second-order valence-corrected chi connectivity index (χ2v) is 5.89. The van der Waals surface area contributed by atoms with Gasteiger partial charge in [-0.15, -0.1) is 0 Å². The zero-order chi connectivity index (χ0) is 16.5. The van der Waals surface area contributed by atoms with Crippen LogP contribution in [0.25, 0.3) is 0 Å². The molecule has 0 spiro atoms. The lowest BCUT2D eigenvalue weighted by molar-refractivity contribution is -0.871. The molecule has 0 aliphatic rings. The van der Waals surface area contributed by atoms with Gasteiger partial charge in [0.15, 0.2) is 6.54 Å². The fourth-order valence-electron chi connectivity index (χ4n) is 2.13. The van der Waals surface area contributed by atoms with E-state index in [-0.39, 0.29) is 5.91 Å². The molecule has 4 nitrogen and oxygen atoms in total. The molecule has 0 saturated heterocycles. The van der Waals surface area contributed by atoms with Crippen LogP contribution in [0.3, 0.4) is 0 Å². The van der Waals surface area contributed by atoms with Crippen molar-refractivity contribution in [1.82, 2.24) is 5.32 Å². The zero-order valence-electron chi connectivity index (χ0n) is 13.2. The molecule has 2 aromatic carbocycles. The van der Waals surface area contributed by atoms with Gasteiger partial charge in [-0.1, -0.05) is 41.9 Å². The van der Waals surface area contributed by atoms with Gasteiger partial charge in [0.2, 0.25) is 0 Å². The predicted molar refractivity (Wildman–Crippen MR) is 91.9 cm³/mol. The first-order chi connectivity index (χ1) is 11.1. The van der Waals surface area contributed by atoms with E-state index in [1.165, 1.54) is 0 Å². The summed E-state index contributed by atoms with van der Waals surface area (Å²) in [5, 5.41) is 3.58. The van der Waals surface area contributed by atoms with E-state index in [4.69, 9.17) is 16.3 Å². The molecule has 2 rings (SSSR count). The molecule has 1 unspecified atom stereocenters. The lowest BCUT2D eigenvalue weighted by Crippen LogP contribution is -3.10. The zero-order valence-corrected chi connectivity index (χ0v) is 14.0. The number of ether oxygens (including phenoxy) is 1. The van der Waals surface area contributed by atoms with Crippen molar-refractivity contribution in [3.63, 3.8) is 0 Å². The largest absolute Gasteiger partial charge is 0.488 e. The van der Waals surface area contributed by atoms with Gasteiger partial charge >= 0.3 is 0 Å². The van der Waals surface area contributed by atoms with Gasteiger partial charge in [0.05, 0.1) is 7.05 Å². The quantitative estimate of drug-likeness (QED) is 0.769. The molecule has 1 atom stereocenters. The van der Waals surface area contributed by atoms with Crippen LogP contribution >= 0.6 is 11.6 Å². The molecule has 23 heavy (non-hydrogen) atoms. The molecule has 0 aromatic heterocycles. The first-order valence-electron chi connectivity index (χ1n) is 7.64. The Morgan fingerprint density at radius 3 is 2.70 bits per heavy atom. The van der Waals surface area contributed by atoms with Crippen LogP contribution in [0.4, 0.5) is 0 Å². The van der Waals surface area contributed by atoms with Crippen molar-refractivity contribution in [2.75, 3.05) is 26.7 Å². The highest BCUT2D eigenvalue weighted by Crippen LogP contribution is 2.10. The summed E-state index contributed by atoms with van der Waals surface area (Å²) in [6.45, 7) is 2.25. The molecule has 0 aliphatic heterocycles. The molecule has 0 radical (unpaired) electrons. The fourth-order valence-corrected chi connectivity index (χ4v) is 2.35. The molecule has 1 amide bonds. The van der Waals surface area contributed by atoms with Crippen molar-refractivity contribution in [2.45, 2.75) is 6.54 Å². The highest BCUT2D eigenvalue weighted by Gasteiger charge is 2.09. The van der Waals surface area contributed by atoms with Gasteiger partial charge in [0, 0.05) is 11.6 Å². The first-order valence-corrected chi connectivity index (χ1v) is 8.01. The second kappa shape index (κ2) is 9.18. The minimum absolute atomic E-state index is 0.0159. The molecule has 0 aliphatic carbocycles. The molecule has 5 heteroatoms. The highest BCUT2D eigenvalue weighted by atomic mass is 35.5. The van der Waals surface area contributed by atoms with Crippen LogP contribution in [0.5, 0.6) is 5.75 Å². The van der Waals surface area contributed by atoms with E-state index >= 15 is 0 Å². The number of carbonyl (C=O) groups excluding carboxylic acids is 1. The maximum atomic E-state index is 11.9. The van der Waals surface area contributed by atoms with E-state index in [9.17, 15) is 4.79 Å². The van der Waals surface area contributed by atoms with Crippen molar-refractivity contribution < 1.29 is 14.4 Å². The van der Waals surface area contributed by atoms with E-state index in [1.54, 1.807) is 0 Å². The van der Waals surface area contributed by atoms with Crippen LogP contribution in [-0.4, -0.2) is 32.7 Å².